The maximum atomic E-state index is 12.2. The Bertz CT molecular complexity index is 1770. The summed E-state index contributed by atoms with van der Waals surface area (Å²) in [4.78, 5) is 27.5. The lowest BCUT2D eigenvalue weighted by Crippen LogP contribution is -2.15. The molecular formula is C39H42N2O6. The number of hydrogen-bond donors (Lipinski definition) is 0. The minimum atomic E-state index is -0.982. The Kier molecular flexibility index (Phi) is 12.6. The number of methoxy groups -OCH3 is 1. The average Bonchev–Trinajstić information content (AvgIpc) is 3.03. The Morgan fingerprint density at radius 3 is 1.45 bits per heavy atom. The van der Waals surface area contributed by atoms with E-state index in [4.69, 9.17) is 14.2 Å². The fourth-order valence-electron chi connectivity index (χ4n) is 4.78. The van der Waals surface area contributed by atoms with Gasteiger partial charge in [-0.1, -0.05) is 68.4 Å². The maximum Gasteiger partial charge on any atom is 0.516 e. The number of nitrogens with zero attached hydrogens (tertiary/aromatic N) is 2. The van der Waals surface area contributed by atoms with Gasteiger partial charge in [-0.3, -0.25) is 4.79 Å². The second kappa shape index (κ2) is 16.5. The van der Waals surface area contributed by atoms with Crippen molar-refractivity contribution in [2.75, 3.05) is 23.7 Å². The SMILES string of the molecule is C.C.COc1cccc(N(c2ccc(C)cc2)c2cccc(N(c3ccc(C)cc3)c3cccc(OC(=O)OCOC(C)=O)c3)c2)c1. The van der Waals surface area contributed by atoms with E-state index in [1.165, 1.54) is 12.5 Å². The molecule has 0 bridgehead atoms. The molecule has 0 N–H and O–H groups in total. The number of ether oxygens (including phenoxy) is 4. The standard InChI is InChI=1S/C37H34N2O6.2CH4/c1-26-14-18-29(19-15-26)38(33-10-6-12-35(23-33)42-4)31-8-5-9-32(22-31)39(30-20-16-27(2)17-21-30)34-11-7-13-36(24-34)45-37(41)44-25-43-28(3)40;;/h5-24H,25H2,1-4H3;2*1H4. The van der Waals surface area contributed by atoms with Crippen molar-refractivity contribution in [2.45, 2.75) is 35.6 Å². The molecule has 0 aliphatic heterocycles. The van der Waals surface area contributed by atoms with Crippen LogP contribution < -0.4 is 19.3 Å². The molecule has 0 aliphatic rings. The third-order valence-electron chi connectivity index (χ3n) is 6.96. The lowest BCUT2D eigenvalue weighted by molar-refractivity contribution is -0.149. The summed E-state index contributed by atoms with van der Waals surface area (Å²) in [5.41, 5.74) is 7.72. The van der Waals surface area contributed by atoms with Crippen LogP contribution in [-0.2, 0) is 14.3 Å². The zero-order chi connectivity index (χ0) is 31.8. The number of carbonyl (C=O) groups excluding carboxylic acids is 2. The van der Waals surface area contributed by atoms with E-state index in [1.807, 2.05) is 73.7 Å². The summed E-state index contributed by atoms with van der Waals surface area (Å²) in [5, 5.41) is 0. The fraction of sp³-hybridized carbons (Fsp3) is 0.179. The molecule has 8 nitrogen and oxygen atoms in total. The Labute approximate surface area is 277 Å². The van der Waals surface area contributed by atoms with Crippen LogP contribution in [0.5, 0.6) is 11.5 Å². The van der Waals surface area contributed by atoms with Gasteiger partial charge in [-0.25, -0.2) is 4.79 Å². The Morgan fingerprint density at radius 1 is 0.553 bits per heavy atom. The van der Waals surface area contributed by atoms with Gasteiger partial charge < -0.3 is 28.7 Å². The molecule has 0 aromatic heterocycles. The van der Waals surface area contributed by atoms with Crippen molar-refractivity contribution in [3.05, 3.63) is 132 Å². The molecule has 0 saturated carbocycles. The molecule has 0 unspecified atom stereocenters. The van der Waals surface area contributed by atoms with Crippen LogP contribution >= 0.6 is 0 Å². The van der Waals surface area contributed by atoms with E-state index in [-0.39, 0.29) is 20.6 Å². The zero-order valence-corrected chi connectivity index (χ0v) is 25.6. The zero-order valence-electron chi connectivity index (χ0n) is 25.6. The van der Waals surface area contributed by atoms with Crippen LogP contribution in [-0.4, -0.2) is 26.0 Å². The lowest BCUT2D eigenvalue weighted by atomic mass is 10.1. The maximum absolute atomic E-state index is 12.2. The molecule has 0 radical (unpaired) electrons. The monoisotopic (exact) mass is 634 g/mol. The molecule has 5 aromatic rings. The summed E-state index contributed by atoms with van der Waals surface area (Å²) in [7, 11) is 1.66. The second-order valence-corrected chi connectivity index (χ2v) is 10.3. The summed E-state index contributed by atoms with van der Waals surface area (Å²) in [6.45, 7) is 4.81. The predicted molar refractivity (Wildman–Crippen MR) is 189 cm³/mol. The van der Waals surface area contributed by atoms with Crippen LogP contribution in [0, 0.1) is 13.8 Å². The van der Waals surface area contributed by atoms with Crippen molar-refractivity contribution in [2.24, 2.45) is 0 Å². The number of anilines is 6. The predicted octanol–water partition coefficient (Wildman–Crippen LogP) is 10.6. The van der Waals surface area contributed by atoms with Gasteiger partial charge in [0.15, 0.2) is 0 Å². The first-order valence-corrected chi connectivity index (χ1v) is 14.4. The van der Waals surface area contributed by atoms with Gasteiger partial charge in [-0.2, -0.15) is 0 Å². The van der Waals surface area contributed by atoms with Crippen molar-refractivity contribution < 1.29 is 28.5 Å². The molecule has 0 fully saturated rings. The fourth-order valence-corrected chi connectivity index (χ4v) is 4.78. The van der Waals surface area contributed by atoms with Crippen molar-refractivity contribution in [1.82, 2.24) is 0 Å². The molecule has 5 rings (SSSR count). The first-order valence-electron chi connectivity index (χ1n) is 14.4. The molecule has 8 heteroatoms. The Morgan fingerprint density at radius 2 is 0.979 bits per heavy atom. The minimum absolute atomic E-state index is 0. The van der Waals surface area contributed by atoms with Crippen molar-refractivity contribution >= 4 is 46.2 Å². The molecular weight excluding hydrogens is 592 g/mol. The van der Waals surface area contributed by atoms with E-state index in [9.17, 15) is 9.59 Å². The van der Waals surface area contributed by atoms with Gasteiger partial charge in [-0.05, 0) is 80.6 Å². The molecule has 0 aliphatic carbocycles. The molecule has 0 amide bonds. The number of rotatable bonds is 10. The van der Waals surface area contributed by atoms with Gasteiger partial charge in [0, 0.05) is 53.2 Å². The number of carbonyl (C=O) groups is 2. The van der Waals surface area contributed by atoms with Crippen molar-refractivity contribution in [3.8, 4) is 11.5 Å². The van der Waals surface area contributed by atoms with Crippen molar-refractivity contribution in [3.63, 3.8) is 0 Å². The molecule has 0 atom stereocenters. The second-order valence-electron chi connectivity index (χ2n) is 10.3. The Balaban J connectivity index is 0.00000300. The highest BCUT2D eigenvalue weighted by atomic mass is 16.8. The van der Waals surface area contributed by atoms with E-state index in [0.717, 1.165) is 45.4 Å². The summed E-state index contributed by atoms with van der Waals surface area (Å²) < 4.78 is 20.5. The van der Waals surface area contributed by atoms with E-state index in [1.54, 1.807) is 25.3 Å². The van der Waals surface area contributed by atoms with Crippen LogP contribution in [0.1, 0.15) is 32.9 Å². The first-order chi connectivity index (χ1) is 21.8. The summed E-state index contributed by atoms with van der Waals surface area (Å²) in [6, 6.07) is 39.9. The highest BCUT2D eigenvalue weighted by Gasteiger charge is 2.18. The van der Waals surface area contributed by atoms with Crippen LogP contribution in [0.25, 0.3) is 0 Å². The average molecular weight is 635 g/mol. The normalized spacial score (nSPS) is 10.0. The van der Waals surface area contributed by atoms with E-state index >= 15 is 0 Å². The largest absolute Gasteiger partial charge is 0.516 e. The molecule has 0 spiro atoms. The molecule has 0 saturated heterocycles. The smallest absolute Gasteiger partial charge is 0.497 e. The van der Waals surface area contributed by atoms with E-state index in [0.29, 0.717) is 0 Å². The van der Waals surface area contributed by atoms with Gasteiger partial charge in [0.05, 0.1) is 7.11 Å². The quantitative estimate of drug-likeness (QED) is 0.0853. The summed E-state index contributed by atoms with van der Waals surface area (Å²) in [6.07, 6.45) is -0.982. The van der Waals surface area contributed by atoms with Crippen LogP contribution in [0.4, 0.5) is 38.9 Å². The van der Waals surface area contributed by atoms with E-state index in [2.05, 4.69) is 57.9 Å². The number of benzene rings is 5. The molecule has 47 heavy (non-hydrogen) atoms. The van der Waals surface area contributed by atoms with Gasteiger partial charge in [-0.15, -0.1) is 0 Å². The summed E-state index contributed by atoms with van der Waals surface area (Å²) in [5.74, 6) is 0.463. The Hall–Kier alpha value is -5.76. The highest BCUT2D eigenvalue weighted by molar-refractivity contribution is 5.83. The topological polar surface area (TPSA) is 77.5 Å². The highest BCUT2D eigenvalue weighted by Crippen LogP contribution is 2.41. The van der Waals surface area contributed by atoms with Crippen LogP contribution in [0.2, 0.25) is 0 Å². The third-order valence-corrected chi connectivity index (χ3v) is 6.96. The van der Waals surface area contributed by atoms with Crippen LogP contribution in [0.15, 0.2) is 121 Å². The van der Waals surface area contributed by atoms with Crippen LogP contribution in [0.3, 0.4) is 0 Å². The van der Waals surface area contributed by atoms with E-state index < -0.39 is 18.9 Å². The summed E-state index contributed by atoms with van der Waals surface area (Å²) >= 11 is 0. The number of esters is 1. The molecule has 244 valence electrons. The van der Waals surface area contributed by atoms with Gasteiger partial charge >= 0.3 is 12.1 Å². The van der Waals surface area contributed by atoms with Gasteiger partial charge in [0.2, 0.25) is 6.79 Å². The number of aryl methyl sites for hydroxylation is 2. The molecule has 5 aromatic carbocycles. The third kappa shape index (κ3) is 9.14. The number of hydrogen-bond acceptors (Lipinski definition) is 8. The molecule has 0 heterocycles. The first kappa shape index (κ1) is 35.7. The minimum Gasteiger partial charge on any atom is -0.497 e. The van der Waals surface area contributed by atoms with Crippen molar-refractivity contribution in [1.29, 1.82) is 0 Å². The van der Waals surface area contributed by atoms with Gasteiger partial charge in [0.1, 0.15) is 11.5 Å². The van der Waals surface area contributed by atoms with Gasteiger partial charge in [0.25, 0.3) is 0 Å². The lowest BCUT2D eigenvalue weighted by Gasteiger charge is -2.29.